The van der Waals surface area contributed by atoms with Gasteiger partial charge < -0.3 is 9.84 Å². The molecule has 1 aliphatic rings. The second-order valence-corrected chi connectivity index (χ2v) is 3.04. The summed E-state index contributed by atoms with van der Waals surface area (Å²) >= 11 is 0. The lowest BCUT2D eigenvalue weighted by molar-refractivity contribution is 0.108. The molecule has 1 heterocycles. The fourth-order valence-electron chi connectivity index (χ4n) is 1.52. The van der Waals surface area contributed by atoms with Crippen LogP contribution in [0.5, 0.6) is 5.75 Å². The van der Waals surface area contributed by atoms with E-state index < -0.39 is 6.10 Å². The van der Waals surface area contributed by atoms with Gasteiger partial charge in [-0.1, -0.05) is 12.1 Å². The fraction of sp³-hybridized carbons (Fsp3) is 0.300. The third-order valence-electron chi connectivity index (χ3n) is 2.20. The number of aldehydes is 1. The van der Waals surface area contributed by atoms with Crippen molar-refractivity contribution in [3.63, 3.8) is 0 Å². The van der Waals surface area contributed by atoms with E-state index in [0.717, 1.165) is 11.8 Å². The first-order chi connectivity index (χ1) is 6.33. The summed E-state index contributed by atoms with van der Waals surface area (Å²) < 4.78 is 5.32. The highest BCUT2D eigenvalue weighted by molar-refractivity contribution is 5.80. The monoisotopic (exact) mass is 178 g/mol. The van der Waals surface area contributed by atoms with Crippen molar-refractivity contribution in [1.29, 1.82) is 0 Å². The predicted octanol–water partition coefficient (Wildman–Crippen LogP) is 1.31. The van der Waals surface area contributed by atoms with Crippen molar-refractivity contribution in [2.45, 2.75) is 12.5 Å². The van der Waals surface area contributed by atoms with E-state index in [4.69, 9.17) is 4.74 Å². The Balaban J connectivity index is 2.54. The Bertz CT molecular complexity index is 333. The van der Waals surface area contributed by atoms with Gasteiger partial charge >= 0.3 is 0 Å². The lowest BCUT2D eigenvalue weighted by atomic mass is 10.0. The SMILES string of the molecule is O=Cc1cccc2c1OCCC2O. The fourth-order valence-corrected chi connectivity index (χ4v) is 1.52. The summed E-state index contributed by atoms with van der Waals surface area (Å²) in [6, 6.07) is 5.22. The first kappa shape index (κ1) is 8.26. The van der Waals surface area contributed by atoms with Gasteiger partial charge in [-0.2, -0.15) is 0 Å². The van der Waals surface area contributed by atoms with E-state index in [1.807, 2.05) is 0 Å². The smallest absolute Gasteiger partial charge is 0.153 e. The zero-order valence-electron chi connectivity index (χ0n) is 7.06. The Morgan fingerprint density at radius 1 is 1.54 bits per heavy atom. The Morgan fingerprint density at radius 2 is 2.38 bits per heavy atom. The first-order valence-electron chi connectivity index (χ1n) is 4.22. The molecule has 68 valence electrons. The predicted molar refractivity (Wildman–Crippen MR) is 46.9 cm³/mol. The van der Waals surface area contributed by atoms with Gasteiger partial charge in [0.1, 0.15) is 5.75 Å². The maximum Gasteiger partial charge on any atom is 0.153 e. The van der Waals surface area contributed by atoms with Crippen LogP contribution in [0.25, 0.3) is 0 Å². The van der Waals surface area contributed by atoms with Crippen molar-refractivity contribution in [2.24, 2.45) is 0 Å². The number of carbonyl (C=O) groups excluding carboxylic acids is 1. The van der Waals surface area contributed by atoms with Gasteiger partial charge in [0.15, 0.2) is 6.29 Å². The molecule has 13 heavy (non-hydrogen) atoms. The Kier molecular flexibility index (Phi) is 2.02. The number of fused-ring (bicyclic) bond motifs is 1. The van der Waals surface area contributed by atoms with E-state index in [1.54, 1.807) is 18.2 Å². The zero-order valence-corrected chi connectivity index (χ0v) is 7.06. The normalized spacial score (nSPS) is 20.2. The molecule has 1 aromatic carbocycles. The molecule has 3 heteroatoms. The number of ether oxygens (including phenoxy) is 1. The summed E-state index contributed by atoms with van der Waals surface area (Å²) in [5.74, 6) is 0.538. The molecule has 2 rings (SSSR count). The number of benzene rings is 1. The molecule has 0 saturated heterocycles. The van der Waals surface area contributed by atoms with E-state index in [9.17, 15) is 9.90 Å². The summed E-state index contributed by atoms with van der Waals surface area (Å²) in [7, 11) is 0. The van der Waals surface area contributed by atoms with Crippen LogP contribution in [-0.4, -0.2) is 18.0 Å². The van der Waals surface area contributed by atoms with Gasteiger partial charge in [0, 0.05) is 12.0 Å². The van der Waals surface area contributed by atoms with Gasteiger partial charge in [-0.15, -0.1) is 0 Å². The molecule has 0 radical (unpaired) electrons. The third-order valence-corrected chi connectivity index (χ3v) is 2.20. The maximum atomic E-state index is 10.6. The summed E-state index contributed by atoms with van der Waals surface area (Å²) in [6.07, 6.45) is 0.843. The number of hydrogen-bond acceptors (Lipinski definition) is 3. The lowest BCUT2D eigenvalue weighted by Gasteiger charge is -2.22. The van der Waals surface area contributed by atoms with Gasteiger partial charge in [-0.05, 0) is 6.07 Å². The Labute approximate surface area is 76.0 Å². The molecule has 0 amide bonds. The second-order valence-electron chi connectivity index (χ2n) is 3.04. The van der Waals surface area contributed by atoms with Crippen molar-refractivity contribution >= 4 is 6.29 Å². The molecule has 0 saturated carbocycles. The molecule has 1 aliphatic heterocycles. The number of para-hydroxylation sites is 1. The maximum absolute atomic E-state index is 10.6. The molecular weight excluding hydrogens is 168 g/mol. The molecular formula is C10H10O3. The molecule has 1 atom stereocenters. The van der Waals surface area contributed by atoms with Crippen molar-refractivity contribution in [1.82, 2.24) is 0 Å². The number of aliphatic hydroxyl groups excluding tert-OH is 1. The quantitative estimate of drug-likeness (QED) is 0.659. The average molecular weight is 178 g/mol. The highest BCUT2D eigenvalue weighted by atomic mass is 16.5. The zero-order chi connectivity index (χ0) is 9.26. The minimum Gasteiger partial charge on any atom is -0.492 e. The molecule has 0 aromatic heterocycles. The average Bonchev–Trinajstić information content (AvgIpc) is 2.18. The van der Waals surface area contributed by atoms with Crippen LogP contribution in [0, 0.1) is 0 Å². The lowest BCUT2D eigenvalue weighted by Crippen LogP contribution is -2.14. The first-order valence-corrected chi connectivity index (χ1v) is 4.22. The largest absolute Gasteiger partial charge is 0.492 e. The molecule has 1 unspecified atom stereocenters. The number of aliphatic hydroxyl groups is 1. The van der Waals surface area contributed by atoms with Crippen LogP contribution in [0.3, 0.4) is 0 Å². The van der Waals surface area contributed by atoms with E-state index in [2.05, 4.69) is 0 Å². The van der Waals surface area contributed by atoms with Gasteiger partial charge in [0.25, 0.3) is 0 Å². The van der Waals surface area contributed by atoms with Crippen LogP contribution in [-0.2, 0) is 0 Å². The van der Waals surface area contributed by atoms with E-state index in [-0.39, 0.29) is 0 Å². The summed E-state index contributed by atoms with van der Waals surface area (Å²) in [5.41, 5.74) is 1.23. The number of carbonyl (C=O) groups is 1. The van der Waals surface area contributed by atoms with Crippen LogP contribution in [0.2, 0.25) is 0 Å². The minimum absolute atomic E-state index is 0.471. The van der Waals surface area contributed by atoms with Crippen molar-refractivity contribution in [3.8, 4) is 5.75 Å². The topological polar surface area (TPSA) is 46.5 Å². The number of hydrogen-bond donors (Lipinski definition) is 1. The summed E-state index contributed by atoms with van der Waals surface area (Å²) in [6.45, 7) is 0.471. The van der Waals surface area contributed by atoms with E-state index in [0.29, 0.717) is 24.3 Å². The van der Waals surface area contributed by atoms with Gasteiger partial charge in [0.2, 0.25) is 0 Å². The Morgan fingerprint density at radius 3 is 3.15 bits per heavy atom. The van der Waals surface area contributed by atoms with Crippen LogP contribution in [0.15, 0.2) is 18.2 Å². The molecule has 0 bridgehead atoms. The summed E-state index contributed by atoms with van der Waals surface area (Å²) in [5, 5.41) is 9.59. The minimum atomic E-state index is -0.497. The molecule has 0 spiro atoms. The van der Waals surface area contributed by atoms with Gasteiger partial charge in [-0.3, -0.25) is 4.79 Å². The Hall–Kier alpha value is -1.35. The second kappa shape index (κ2) is 3.18. The standard InChI is InChI=1S/C10H10O3/c11-6-7-2-1-3-8-9(12)4-5-13-10(7)8/h1-3,6,9,12H,4-5H2. The molecule has 0 aliphatic carbocycles. The molecule has 1 aromatic rings. The van der Waals surface area contributed by atoms with Crippen molar-refractivity contribution in [2.75, 3.05) is 6.61 Å². The summed E-state index contributed by atoms with van der Waals surface area (Å²) in [4.78, 5) is 10.6. The van der Waals surface area contributed by atoms with E-state index in [1.165, 1.54) is 0 Å². The molecule has 1 N–H and O–H groups in total. The van der Waals surface area contributed by atoms with Crippen LogP contribution < -0.4 is 4.74 Å². The third kappa shape index (κ3) is 1.31. The van der Waals surface area contributed by atoms with Crippen molar-refractivity contribution < 1.29 is 14.6 Å². The number of rotatable bonds is 1. The highest BCUT2D eigenvalue weighted by Gasteiger charge is 2.20. The van der Waals surface area contributed by atoms with Crippen LogP contribution >= 0.6 is 0 Å². The van der Waals surface area contributed by atoms with Crippen molar-refractivity contribution in [3.05, 3.63) is 29.3 Å². The van der Waals surface area contributed by atoms with Crippen LogP contribution in [0.4, 0.5) is 0 Å². The molecule has 3 nitrogen and oxygen atoms in total. The van der Waals surface area contributed by atoms with Crippen LogP contribution in [0.1, 0.15) is 28.4 Å². The molecule has 0 fully saturated rings. The highest BCUT2D eigenvalue weighted by Crippen LogP contribution is 2.33. The van der Waals surface area contributed by atoms with E-state index >= 15 is 0 Å². The van der Waals surface area contributed by atoms with Gasteiger partial charge in [-0.25, -0.2) is 0 Å². The van der Waals surface area contributed by atoms with Gasteiger partial charge in [0.05, 0.1) is 18.3 Å².